The molecule has 0 heterocycles. The van der Waals surface area contributed by atoms with Gasteiger partial charge < -0.3 is 10.2 Å². The molecule has 0 aromatic heterocycles. The van der Waals surface area contributed by atoms with Crippen LogP contribution in [0.2, 0.25) is 0 Å². The number of hydrogen-bond acceptors (Lipinski definition) is 2. The molecule has 96 valence electrons. The molecule has 2 unspecified atom stereocenters. The number of hydrogen-bond donors (Lipinski definition) is 6. The molecule has 0 fully saturated rings. The average molecular weight is 236 g/mol. The van der Waals surface area contributed by atoms with Gasteiger partial charge in [0.25, 0.3) is 0 Å². The first-order valence-electron chi connectivity index (χ1n) is 5.47. The van der Waals surface area contributed by atoms with Crippen molar-refractivity contribution in [2.75, 3.05) is 13.2 Å². The largest absolute Gasteiger partial charge is 0.396 e. The number of aliphatic hydroxyl groups is 2. The Kier molecular flexibility index (Phi) is 11.7. The topological polar surface area (TPSA) is 147 Å². The van der Waals surface area contributed by atoms with Crippen molar-refractivity contribution >= 4 is 11.7 Å². The van der Waals surface area contributed by atoms with E-state index in [-0.39, 0.29) is 25.0 Å². The Bertz CT molecular complexity index is 187. The molecule has 0 aliphatic carbocycles. The van der Waals surface area contributed by atoms with Crippen molar-refractivity contribution in [3.05, 3.63) is 0 Å². The molecule has 0 rings (SSSR count). The maximum Gasteiger partial charge on any atom is 0.332 e. The quantitative estimate of drug-likeness (QED) is 0.202. The molecule has 0 aliphatic rings. The van der Waals surface area contributed by atoms with Crippen molar-refractivity contribution in [1.29, 1.82) is 0 Å². The first kappa shape index (κ1) is 17.6. The number of aliphatic hydroxyl groups excluding tert-OH is 2. The maximum atomic E-state index is 8.39. The van der Waals surface area contributed by atoms with Gasteiger partial charge in [0, 0.05) is 13.2 Å². The zero-order valence-corrected chi connectivity index (χ0v) is 10.4. The maximum absolute atomic E-state index is 8.39. The van der Waals surface area contributed by atoms with E-state index in [0.29, 0.717) is 11.7 Å². The van der Waals surface area contributed by atoms with Crippen LogP contribution in [0.3, 0.4) is 0 Å². The minimum Gasteiger partial charge on any atom is -0.396 e. The van der Waals surface area contributed by atoms with E-state index < -0.39 is 0 Å². The molecule has 0 aromatic carbocycles. The predicted octanol–water partition coefficient (Wildman–Crippen LogP) is -5.19. The first-order valence-corrected chi connectivity index (χ1v) is 5.47. The monoisotopic (exact) mass is 236 g/mol. The summed E-state index contributed by atoms with van der Waals surface area (Å²) in [7, 11) is 0. The summed E-state index contributed by atoms with van der Waals surface area (Å²) in [6.45, 7) is 4.27. The van der Waals surface area contributed by atoms with Crippen LogP contribution in [0.25, 0.3) is 0 Å². The van der Waals surface area contributed by atoms with Crippen LogP contribution in [-0.4, -0.2) is 35.1 Å². The van der Waals surface area contributed by atoms with Gasteiger partial charge in [0.05, 0.1) is 11.8 Å². The highest BCUT2D eigenvalue weighted by molar-refractivity contribution is 5.67. The van der Waals surface area contributed by atoms with Gasteiger partial charge in [-0.1, -0.05) is 0 Å². The molecule has 0 saturated heterocycles. The lowest BCUT2D eigenvalue weighted by Crippen LogP contribution is -2.72. The Labute approximate surface area is 96.7 Å². The summed E-state index contributed by atoms with van der Waals surface area (Å²) >= 11 is 0. The summed E-state index contributed by atoms with van der Waals surface area (Å²) in [5, 5.41) is 27.4. The summed E-state index contributed by atoms with van der Waals surface area (Å²) < 4.78 is 0. The molecule has 2 atom stereocenters. The van der Waals surface area contributed by atoms with Crippen LogP contribution in [0.4, 0.5) is 0 Å². The van der Waals surface area contributed by atoms with Crippen molar-refractivity contribution in [2.24, 2.45) is 11.8 Å². The number of rotatable bonds is 6. The Morgan fingerprint density at radius 1 is 0.938 bits per heavy atom. The van der Waals surface area contributed by atoms with Crippen LogP contribution in [0.15, 0.2) is 0 Å². The third-order valence-corrected chi connectivity index (χ3v) is 2.39. The average Bonchev–Trinajstić information content (AvgIpc) is 2.19. The second kappa shape index (κ2) is 10.7. The Morgan fingerprint density at radius 2 is 1.19 bits per heavy atom. The highest BCUT2D eigenvalue weighted by Gasteiger charge is 2.11. The molecular formula is C10H28N4O2+4. The van der Waals surface area contributed by atoms with E-state index in [1.807, 2.05) is 13.8 Å². The van der Waals surface area contributed by atoms with E-state index in [0.717, 1.165) is 12.8 Å². The second-order valence-electron chi connectivity index (χ2n) is 3.98. The number of quaternary nitrogens is 2. The van der Waals surface area contributed by atoms with Gasteiger partial charge in [-0.15, -0.1) is 0 Å². The SMILES string of the molecule is CC(CCO)C(=[NH2+])[NH3+].CC(CCO)C(=[NH2+])[NH3+]. The van der Waals surface area contributed by atoms with E-state index in [1.165, 1.54) is 0 Å². The van der Waals surface area contributed by atoms with Crippen LogP contribution in [0.5, 0.6) is 0 Å². The van der Waals surface area contributed by atoms with E-state index >= 15 is 0 Å². The lowest BCUT2D eigenvalue weighted by atomic mass is 10.1. The number of nitrogens with two attached hydrogens (primary N) is 2. The Balaban J connectivity index is 0. The normalized spacial score (nSPS) is 13.4. The molecule has 12 N–H and O–H groups in total. The minimum absolute atomic E-state index is 0.192. The van der Waals surface area contributed by atoms with E-state index in [2.05, 4.69) is 11.5 Å². The van der Waals surface area contributed by atoms with Crippen LogP contribution in [0, 0.1) is 11.8 Å². The summed E-state index contributed by atoms with van der Waals surface area (Å²) in [6, 6.07) is 0. The van der Waals surface area contributed by atoms with Gasteiger partial charge in [-0.05, 0) is 26.7 Å². The highest BCUT2D eigenvalue weighted by atomic mass is 16.3. The smallest absolute Gasteiger partial charge is 0.332 e. The predicted molar refractivity (Wildman–Crippen MR) is 61.4 cm³/mol. The van der Waals surface area contributed by atoms with Crippen LogP contribution >= 0.6 is 0 Å². The van der Waals surface area contributed by atoms with Gasteiger partial charge in [0.1, 0.15) is 0 Å². The zero-order chi connectivity index (χ0) is 13.1. The van der Waals surface area contributed by atoms with Crippen molar-refractivity contribution in [1.82, 2.24) is 0 Å². The lowest BCUT2D eigenvalue weighted by molar-refractivity contribution is -0.312. The van der Waals surface area contributed by atoms with Gasteiger partial charge in [0.15, 0.2) is 0 Å². The van der Waals surface area contributed by atoms with Gasteiger partial charge in [-0.25, -0.2) is 10.8 Å². The van der Waals surface area contributed by atoms with Crippen molar-refractivity contribution in [3.8, 4) is 0 Å². The Hall–Kier alpha value is -0.820. The van der Waals surface area contributed by atoms with E-state index in [9.17, 15) is 0 Å². The first-order chi connectivity index (χ1) is 7.36. The van der Waals surface area contributed by atoms with Crippen molar-refractivity contribution in [3.63, 3.8) is 0 Å². The zero-order valence-electron chi connectivity index (χ0n) is 10.4. The fourth-order valence-electron chi connectivity index (χ4n) is 0.758. The molecule has 0 spiro atoms. The van der Waals surface area contributed by atoms with Gasteiger partial charge >= 0.3 is 11.7 Å². The van der Waals surface area contributed by atoms with E-state index in [1.54, 1.807) is 0 Å². The summed E-state index contributed by atoms with van der Waals surface area (Å²) in [6.07, 6.45) is 1.44. The molecule has 0 aromatic rings. The third kappa shape index (κ3) is 11.3. The van der Waals surface area contributed by atoms with Gasteiger partial charge in [-0.3, -0.25) is 11.5 Å². The van der Waals surface area contributed by atoms with Gasteiger partial charge in [-0.2, -0.15) is 0 Å². The van der Waals surface area contributed by atoms with Crippen molar-refractivity contribution in [2.45, 2.75) is 26.7 Å². The van der Waals surface area contributed by atoms with Gasteiger partial charge in [0.2, 0.25) is 0 Å². The lowest BCUT2D eigenvalue weighted by Gasteiger charge is -1.96. The highest BCUT2D eigenvalue weighted by Crippen LogP contribution is 1.95. The summed E-state index contributed by atoms with van der Waals surface area (Å²) in [5.74, 6) is 1.80. The molecule has 0 amide bonds. The molecule has 16 heavy (non-hydrogen) atoms. The molecule has 0 radical (unpaired) electrons. The molecule has 6 nitrogen and oxygen atoms in total. The van der Waals surface area contributed by atoms with Crippen LogP contribution < -0.4 is 22.3 Å². The second-order valence-corrected chi connectivity index (χ2v) is 3.98. The Morgan fingerprint density at radius 3 is 1.25 bits per heavy atom. The van der Waals surface area contributed by atoms with Crippen molar-refractivity contribution < 1.29 is 32.5 Å². The fourth-order valence-corrected chi connectivity index (χ4v) is 0.758. The molecule has 6 heteroatoms. The van der Waals surface area contributed by atoms with Crippen LogP contribution in [0.1, 0.15) is 26.7 Å². The third-order valence-electron chi connectivity index (χ3n) is 2.39. The standard InChI is InChI=1S/2C5H12N2O/c2*1-4(2-3-8)5(6)7/h2*4,8H,2-3H2,1H3,(H3,6,7)/p+4. The molecule has 0 bridgehead atoms. The molecular weight excluding hydrogens is 208 g/mol. The molecule has 0 saturated carbocycles. The summed E-state index contributed by atoms with van der Waals surface area (Å²) in [5.41, 5.74) is 7.08. The number of amidine groups is 2. The fraction of sp³-hybridized carbons (Fsp3) is 0.800. The molecule has 0 aliphatic heterocycles. The minimum atomic E-state index is 0.192. The van der Waals surface area contributed by atoms with Crippen LogP contribution in [-0.2, 0) is 0 Å². The van der Waals surface area contributed by atoms with E-state index in [4.69, 9.17) is 21.0 Å². The summed E-state index contributed by atoms with van der Waals surface area (Å²) in [4.78, 5) is 0.